The maximum Gasteiger partial charge on any atom is 0.435 e. The van der Waals surface area contributed by atoms with Crippen LogP contribution in [-0.4, -0.2) is 9.78 Å². The predicted molar refractivity (Wildman–Crippen MR) is 55.1 cm³/mol. The van der Waals surface area contributed by atoms with Gasteiger partial charge in [-0.2, -0.15) is 18.3 Å². The highest BCUT2D eigenvalue weighted by Crippen LogP contribution is 2.44. The van der Waals surface area contributed by atoms with Crippen molar-refractivity contribution in [2.24, 2.45) is 7.05 Å². The van der Waals surface area contributed by atoms with Crippen LogP contribution in [0.1, 0.15) is 23.9 Å². The normalized spacial score (nSPS) is 16.5. The first kappa shape index (κ1) is 12.8. The number of rotatable bonds is 1. The second-order valence-corrected chi connectivity index (χ2v) is 6.12. The first-order valence-corrected chi connectivity index (χ1v) is 5.21. The number of hydrogen-bond acceptors (Lipinski definition) is 1. The summed E-state index contributed by atoms with van der Waals surface area (Å²) in [5, 5.41) is 3.43. The Morgan fingerprint density at radius 2 is 1.87 bits per heavy atom. The molecule has 0 aliphatic carbocycles. The lowest BCUT2D eigenvalue weighted by atomic mass is 10.1. The molecule has 0 amide bonds. The lowest BCUT2D eigenvalue weighted by Gasteiger charge is -2.16. The van der Waals surface area contributed by atoms with E-state index in [-0.39, 0.29) is 5.56 Å². The number of nitrogens with zero attached hydrogens (tertiary/aromatic N) is 2. The zero-order valence-electron chi connectivity index (χ0n) is 8.28. The van der Waals surface area contributed by atoms with Crippen LogP contribution in [0.3, 0.4) is 0 Å². The minimum atomic E-state index is -4.49. The van der Waals surface area contributed by atoms with E-state index in [1.807, 2.05) is 0 Å². The van der Waals surface area contributed by atoms with E-state index in [0.29, 0.717) is 5.69 Å². The first-order valence-electron chi connectivity index (χ1n) is 4.04. The Labute approximate surface area is 98.5 Å². The van der Waals surface area contributed by atoms with E-state index in [9.17, 15) is 13.2 Å². The number of alkyl halides is 5. The van der Waals surface area contributed by atoms with Crippen LogP contribution in [0.25, 0.3) is 0 Å². The number of hydrogen-bond donors (Lipinski definition) is 0. The fraction of sp³-hybridized carbons (Fsp3) is 0.625. The second kappa shape index (κ2) is 3.66. The zero-order chi connectivity index (χ0) is 12.0. The van der Waals surface area contributed by atoms with Crippen molar-refractivity contribution >= 4 is 27.5 Å². The fourth-order valence-corrected chi connectivity index (χ4v) is 2.03. The van der Waals surface area contributed by atoms with Crippen molar-refractivity contribution in [3.63, 3.8) is 0 Å². The fourth-order valence-electron chi connectivity index (χ4n) is 1.33. The van der Waals surface area contributed by atoms with Gasteiger partial charge in [-0.3, -0.25) is 4.68 Å². The standard InChI is InChI=1S/C8H9BrClF3N2/c1-4-5(7(2,9)10)6(8(11,12)13)14-15(4)3/h1-3H3. The summed E-state index contributed by atoms with van der Waals surface area (Å²) in [5.74, 6) is 0. The summed E-state index contributed by atoms with van der Waals surface area (Å²) >= 11 is 8.86. The molecule has 1 unspecified atom stereocenters. The topological polar surface area (TPSA) is 17.8 Å². The molecule has 0 bridgehead atoms. The summed E-state index contributed by atoms with van der Waals surface area (Å²) < 4.78 is 37.7. The van der Waals surface area contributed by atoms with Crippen molar-refractivity contribution in [3.8, 4) is 0 Å². The van der Waals surface area contributed by atoms with Gasteiger partial charge in [0.1, 0.15) is 3.78 Å². The minimum Gasteiger partial charge on any atom is -0.272 e. The molecule has 1 aromatic rings. The van der Waals surface area contributed by atoms with Crippen molar-refractivity contribution in [3.05, 3.63) is 17.0 Å². The van der Waals surface area contributed by atoms with Gasteiger partial charge in [-0.1, -0.05) is 15.9 Å². The molecule has 0 spiro atoms. The van der Waals surface area contributed by atoms with Crippen LogP contribution < -0.4 is 0 Å². The number of halogens is 5. The maximum atomic E-state index is 12.6. The molecule has 0 fully saturated rings. The largest absolute Gasteiger partial charge is 0.435 e. The highest BCUT2D eigenvalue weighted by Gasteiger charge is 2.42. The van der Waals surface area contributed by atoms with Gasteiger partial charge in [-0.25, -0.2) is 0 Å². The van der Waals surface area contributed by atoms with Gasteiger partial charge in [0, 0.05) is 18.3 Å². The molecule has 86 valence electrons. The molecule has 0 radical (unpaired) electrons. The SMILES string of the molecule is Cc1c(C(C)(Cl)Br)c(C(F)(F)F)nn1C. The summed E-state index contributed by atoms with van der Waals surface area (Å²) in [7, 11) is 1.45. The van der Waals surface area contributed by atoms with E-state index in [1.54, 1.807) is 6.92 Å². The molecule has 0 aliphatic rings. The van der Waals surface area contributed by atoms with Crippen molar-refractivity contribution in [1.82, 2.24) is 9.78 Å². The molecule has 0 aromatic carbocycles. The molecular formula is C8H9BrClF3N2. The third-order valence-electron chi connectivity index (χ3n) is 2.04. The zero-order valence-corrected chi connectivity index (χ0v) is 10.6. The molecule has 7 heteroatoms. The summed E-state index contributed by atoms with van der Waals surface area (Å²) in [5.41, 5.74) is -0.604. The van der Waals surface area contributed by atoms with Crippen molar-refractivity contribution < 1.29 is 13.2 Å². The number of aromatic nitrogens is 2. The summed E-state index contributed by atoms with van der Waals surface area (Å²) in [6, 6.07) is 0. The molecule has 1 heterocycles. The Hall–Kier alpha value is -0.230. The summed E-state index contributed by atoms with van der Waals surface area (Å²) in [6.45, 7) is 2.98. The van der Waals surface area contributed by atoms with E-state index >= 15 is 0 Å². The van der Waals surface area contributed by atoms with Crippen molar-refractivity contribution in [2.45, 2.75) is 23.8 Å². The van der Waals surface area contributed by atoms with Gasteiger partial charge in [-0.15, -0.1) is 11.6 Å². The van der Waals surface area contributed by atoms with Crippen LogP contribution in [0, 0.1) is 6.92 Å². The average molecular weight is 306 g/mol. The molecule has 1 atom stereocenters. The predicted octanol–water partition coefficient (Wildman–Crippen LogP) is 3.55. The number of aryl methyl sites for hydroxylation is 1. The van der Waals surface area contributed by atoms with Gasteiger partial charge in [-0.05, 0) is 13.8 Å². The molecular weight excluding hydrogens is 296 g/mol. The molecule has 2 nitrogen and oxygen atoms in total. The Morgan fingerprint density at radius 1 is 1.40 bits per heavy atom. The van der Waals surface area contributed by atoms with Crippen LogP contribution in [0.4, 0.5) is 13.2 Å². The van der Waals surface area contributed by atoms with Gasteiger partial charge in [0.15, 0.2) is 5.69 Å². The molecule has 0 saturated carbocycles. The molecule has 1 aromatic heterocycles. The lowest BCUT2D eigenvalue weighted by Crippen LogP contribution is -2.15. The smallest absolute Gasteiger partial charge is 0.272 e. The van der Waals surface area contributed by atoms with Crippen molar-refractivity contribution in [1.29, 1.82) is 0 Å². The molecule has 0 aliphatic heterocycles. The van der Waals surface area contributed by atoms with Crippen LogP contribution in [0.5, 0.6) is 0 Å². The summed E-state index contributed by atoms with van der Waals surface area (Å²) in [4.78, 5) is 0. The van der Waals surface area contributed by atoms with E-state index in [1.165, 1.54) is 18.7 Å². The van der Waals surface area contributed by atoms with Crippen LogP contribution >= 0.6 is 27.5 Å². The van der Waals surface area contributed by atoms with Gasteiger partial charge in [0.05, 0.1) is 0 Å². The molecule has 1 rings (SSSR count). The molecule has 0 saturated heterocycles. The first-order chi connectivity index (χ1) is 6.55. The summed E-state index contributed by atoms with van der Waals surface area (Å²) in [6.07, 6.45) is -4.49. The van der Waals surface area contributed by atoms with Gasteiger partial charge < -0.3 is 0 Å². The Morgan fingerprint density at radius 3 is 2.13 bits per heavy atom. The van der Waals surface area contributed by atoms with Crippen LogP contribution in [0.15, 0.2) is 0 Å². The highest BCUT2D eigenvalue weighted by molar-refractivity contribution is 9.10. The Balaban J connectivity index is 3.48. The quantitative estimate of drug-likeness (QED) is 0.726. The lowest BCUT2D eigenvalue weighted by molar-refractivity contribution is -0.142. The molecule has 15 heavy (non-hydrogen) atoms. The third-order valence-corrected chi connectivity index (χ3v) is 2.63. The van der Waals surface area contributed by atoms with E-state index in [4.69, 9.17) is 11.6 Å². The van der Waals surface area contributed by atoms with Crippen LogP contribution in [0.2, 0.25) is 0 Å². The highest BCUT2D eigenvalue weighted by atomic mass is 79.9. The van der Waals surface area contributed by atoms with Gasteiger partial charge in [0.25, 0.3) is 0 Å². The Bertz CT molecular complexity index is 378. The minimum absolute atomic E-state index is 0.0424. The third kappa shape index (κ3) is 2.47. The molecule has 0 N–H and O–H groups in total. The van der Waals surface area contributed by atoms with Gasteiger partial charge in [0.2, 0.25) is 0 Å². The van der Waals surface area contributed by atoms with E-state index < -0.39 is 15.7 Å². The van der Waals surface area contributed by atoms with E-state index in [2.05, 4.69) is 21.0 Å². The van der Waals surface area contributed by atoms with E-state index in [0.717, 1.165) is 0 Å². The van der Waals surface area contributed by atoms with Crippen molar-refractivity contribution in [2.75, 3.05) is 0 Å². The maximum absolute atomic E-state index is 12.6. The average Bonchev–Trinajstić information content (AvgIpc) is 2.25. The second-order valence-electron chi connectivity index (χ2n) is 3.32. The van der Waals surface area contributed by atoms with Gasteiger partial charge >= 0.3 is 6.18 Å². The van der Waals surface area contributed by atoms with Crippen LogP contribution in [-0.2, 0) is 17.0 Å². The Kier molecular flexibility index (Phi) is 3.13. The monoisotopic (exact) mass is 304 g/mol.